The Bertz CT molecular complexity index is 1230. The number of hydrogen-bond donors (Lipinski definition) is 1. The molecule has 0 aromatic heterocycles. The number of hydrogen-bond acceptors (Lipinski definition) is 7. The number of carbonyl (C=O) groups is 1. The predicted molar refractivity (Wildman–Crippen MR) is 120 cm³/mol. The van der Waals surface area contributed by atoms with E-state index in [4.69, 9.17) is 14.2 Å². The summed E-state index contributed by atoms with van der Waals surface area (Å²) in [5.74, 6) is 2.07. The lowest BCUT2D eigenvalue weighted by Gasteiger charge is -2.27. The lowest BCUT2D eigenvalue weighted by atomic mass is 10.1. The SMILES string of the molecule is COc1ccc(Oc2cc(NC(=O)C3=CN4CCS(=O)(=O)N=C4C=C3)ccc2OC)cc1. The minimum Gasteiger partial charge on any atom is -0.497 e. The molecule has 32 heavy (non-hydrogen) atoms. The summed E-state index contributed by atoms with van der Waals surface area (Å²) in [6.07, 6.45) is 4.63. The van der Waals surface area contributed by atoms with Crippen molar-refractivity contribution >= 4 is 27.5 Å². The van der Waals surface area contributed by atoms with Gasteiger partial charge in [0, 0.05) is 24.5 Å². The molecule has 2 aliphatic heterocycles. The van der Waals surface area contributed by atoms with Crippen LogP contribution in [0.2, 0.25) is 0 Å². The van der Waals surface area contributed by atoms with E-state index in [0.29, 0.717) is 40.1 Å². The van der Waals surface area contributed by atoms with Crippen molar-refractivity contribution in [2.45, 2.75) is 0 Å². The van der Waals surface area contributed by atoms with Crippen LogP contribution in [0.25, 0.3) is 0 Å². The minimum atomic E-state index is -3.45. The van der Waals surface area contributed by atoms with Gasteiger partial charge >= 0.3 is 0 Å². The third-order valence-corrected chi connectivity index (χ3v) is 5.96. The summed E-state index contributed by atoms with van der Waals surface area (Å²) in [6, 6.07) is 12.1. The average molecular weight is 455 g/mol. The number of methoxy groups -OCH3 is 2. The molecule has 0 saturated heterocycles. The van der Waals surface area contributed by atoms with Gasteiger partial charge in [-0.15, -0.1) is 4.40 Å². The van der Waals surface area contributed by atoms with Crippen LogP contribution in [0, 0.1) is 0 Å². The zero-order valence-electron chi connectivity index (χ0n) is 17.4. The van der Waals surface area contributed by atoms with Gasteiger partial charge in [-0.1, -0.05) is 0 Å². The molecule has 166 valence electrons. The number of nitrogens with zero attached hydrogens (tertiary/aromatic N) is 2. The van der Waals surface area contributed by atoms with Gasteiger partial charge in [-0.3, -0.25) is 4.79 Å². The first-order valence-corrected chi connectivity index (χ1v) is 11.3. The quantitative estimate of drug-likeness (QED) is 0.714. The lowest BCUT2D eigenvalue weighted by Crippen LogP contribution is -2.37. The van der Waals surface area contributed by atoms with E-state index in [1.165, 1.54) is 19.3 Å². The van der Waals surface area contributed by atoms with E-state index >= 15 is 0 Å². The van der Waals surface area contributed by atoms with Crippen molar-refractivity contribution < 1.29 is 27.4 Å². The summed E-state index contributed by atoms with van der Waals surface area (Å²) in [7, 11) is -0.330. The van der Waals surface area contributed by atoms with Gasteiger partial charge in [0.05, 0.1) is 25.5 Å². The maximum absolute atomic E-state index is 12.8. The van der Waals surface area contributed by atoms with E-state index in [9.17, 15) is 13.2 Å². The van der Waals surface area contributed by atoms with Gasteiger partial charge in [0.1, 0.15) is 17.3 Å². The molecule has 4 rings (SSSR count). The van der Waals surface area contributed by atoms with E-state index in [2.05, 4.69) is 9.71 Å². The van der Waals surface area contributed by atoms with Crippen LogP contribution in [-0.4, -0.2) is 51.6 Å². The molecule has 0 radical (unpaired) electrons. The average Bonchev–Trinajstić information content (AvgIpc) is 2.79. The Morgan fingerprint density at radius 3 is 2.47 bits per heavy atom. The second kappa shape index (κ2) is 8.75. The number of amidine groups is 1. The fourth-order valence-corrected chi connectivity index (χ4v) is 4.11. The molecule has 1 N–H and O–H groups in total. The molecule has 9 nitrogen and oxygen atoms in total. The molecule has 0 unspecified atom stereocenters. The normalized spacial score (nSPS) is 16.4. The summed E-state index contributed by atoms with van der Waals surface area (Å²) in [5.41, 5.74) is 0.881. The van der Waals surface area contributed by atoms with Crippen molar-refractivity contribution in [1.29, 1.82) is 0 Å². The van der Waals surface area contributed by atoms with Crippen molar-refractivity contribution in [1.82, 2.24) is 4.90 Å². The molecule has 0 atom stereocenters. The molecule has 10 heteroatoms. The molecule has 1 amide bonds. The zero-order valence-corrected chi connectivity index (χ0v) is 18.3. The molecular weight excluding hydrogens is 434 g/mol. The molecule has 2 aromatic rings. The third-order valence-electron chi connectivity index (χ3n) is 4.79. The Morgan fingerprint density at radius 1 is 1.00 bits per heavy atom. The highest BCUT2D eigenvalue weighted by atomic mass is 32.2. The first kappa shape index (κ1) is 21.4. The van der Waals surface area contributed by atoms with Gasteiger partial charge in [0.2, 0.25) is 0 Å². The van der Waals surface area contributed by atoms with Gasteiger partial charge < -0.3 is 24.4 Å². The number of carbonyl (C=O) groups excluding carboxylic acids is 1. The molecule has 2 aromatic carbocycles. The topological polar surface area (TPSA) is 107 Å². The second-order valence-corrected chi connectivity index (χ2v) is 8.70. The monoisotopic (exact) mass is 455 g/mol. The minimum absolute atomic E-state index is 0.0969. The predicted octanol–water partition coefficient (Wildman–Crippen LogP) is 2.93. The molecule has 0 spiro atoms. The Labute approximate surface area is 185 Å². The molecule has 2 aliphatic rings. The number of benzene rings is 2. The summed E-state index contributed by atoms with van der Waals surface area (Å²) < 4.78 is 43.4. The molecule has 0 aliphatic carbocycles. The van der Waals surface area contributed by atoms with Gasteiger partial charge in [-0.25, -0.2) is 8.42 Å². The Morgan fingerprint density at radius 2 is 1.75 bits per heavy atom. The highest BCUT2D eigenvalue weighted by Gasteiger charge is 2.25. The number of sulfonamides is 1. The third kappa shape index (κ3) is 4.75. The standard InChI is InChI=1S/C22H21N3O6S/c1-29-17-5-7-18(8-6-17)31-20-13-16(4-9-19(20)30-2)23-22(26)15-3-10-21-24-32(27,28)12-11-25(21)14-15/h3-10,13-14H,11-12H2,1-2H3,(H,23,26). The fourth-order valence-electron chi connectivity index (χ4n) is 3.14. The first-order chi connectivity index (χ1) is 15.4. The van der Waals surface area contributed by atoms with Crippen LogP contribution in [0.4, 0.5) is 5.69 Å². The fraction of sp³-hybridized carbons (Fsp3) is 0.182. The summed E-state index contributed by atoms with van der Waals surface area (Å²) >= 11 is 0. The van der Waals surface area contributed by atoms with Crippen LogP contribution in [0.1, 0.15) is 0 Å². The maximum atomic E-state index is 12.8. The van der Waals surface area contributed by atoms with E-state index in [-0.39, 0.29) is 18.2 Å². The van der Waals surface area contributed by atoms with E-state index < -0.39 is 10.0 Å². The van der Waals surface area contributed by atoms with Gasteiger partial charge in [0.15, 0.2) is 11.5 Å². The first-order valence-electron chi connectivity index (χ1n) is 9.67. The van der Waals surface area contributed by atoms with Crippen LogP contribution in [0.5, 0.6) is 23.0 Å². The highest BCUT2D eigenvalue weighted by molar-refractivity contribution is 7.90. The Hall–Kier alpha value is -3.79. The van der Waals surface area contributed by atoms with Gasteiger partial charge in [-0.05, 0) is 48.6 Å². The van der Waals surface area contributed by atoms with E-state index in [0.717, 1.165) is 0 Å². The largest absolute Gasteiger partial charge is 0.497 e. The molecule has 0 bridgehead atoms. The number of nitrogens with one attached hydrogen (secondary N) is 1. The molecule has 0 fully saturated rings. The number of ether oxygens (including phenoxy) is 3. The number of anilines is 1. The van der Waals surface area contributed by atoms with Crippen molar-refractivity contribution in [2.24, 2.45) is 4.40 Å². The summed E-state index contributed by atoms with van der Waals surface area (Å²) in [5, 5.41) is 2.82. The van der Waals surface area contributed by atoms with E-state index in [1.807, 2.05) is 0 Å². The van der Waals surface area contributed by atoms with Crippen LogP contribution in [-0.2, 0) is 14.8 Å². The zero-order chi connectivity index (χ0) is 22.7. The van der Waals surface area contributed by atoms with Crippen molar-refractivity contribution in [3.8, 4) is 23.0 Å². The maximum Gasteiger partial charge on any atom is 0.257 e. The second-order valence-electron chi connectivity index (χ2n) is 6.94. The summed E-state index contributed by atoms with van der Waals surface area (Å²) in [4.78, 5) is 14.4. The molecule has 0 saturated carbocycles. The van der Waals surface area contributed by atoms with Crippen molar-refractivity contribution in [3.63, 3.8) is 0 Å². The summed E-state index contributed by atoms with van der Waals surface area (Å²) in [6.45, 7) is 0.241. The lowest BCUT2D eigenvalue weighted by molar-refractivity contribution is -0.112. The van der Waals surface area contributed by atoms with Gasteiger partial charge in [0.25, 0.3) is 15.9 Å². The van der Waals surface area contributed by atoms with Gasteiger partial charge in [-0.2, -0.15) is 0 Å². The Kier molecular flexibility index (Phi) is 5.87. The number of rotatable bonds is 6. The molecule has 2 heterocycles. The molecular formula is C22H21N3O6S. The Balaban J connectivity index is 1.51. The van der Waals surface area contributed by atoms with Crippen LogP contribution < -0.4 is 19.5 Å². The van der Waals surface area contributed by atoms with Crippen molar-refractivity contribution in [3.05, 3.63) is 66.4 Å². The van der Waals surface area contributed by atoms with Crippen LogP contribution in [0.3, 0.4) is 0 Å². The van der Waals surface area contributed by atoms with Crippen LogP contribution in [0.15, 0.2) is 70.8 Å². The van der Waals surface area contributed by atoms with Crippen LogP contribution >= 0.6 is 0 Å². The number of fused-ring (bicyclic) bond motifs is 1. The highest BCUT2D eigenvalue weighted by Crippen LogP contribution is 2.34. The smallest absolute Gasteiger partial charge is 0.257 e. The number of amides is 1. The van der Waals surface area contributed by atoms with Crippen molar-refractivity contribution in [2.75, 3.05) is 31.8 Å². The van der Waals surface area contributed by atoms with E-state index in [1.54, 1.807) is 60.7 Å².